The van der Waals surface area contributed by atoms with E-state index in [4.69, 9.17) is 13.6 Å². The molecule has 1 heterocycles. The minimum Gasteiger partial charge on any atom is -0.391 e. The highest BCUT2D eigenvalue weighted by Gasteiger charge is 2.61. The van der Waals surface area contributed by atoms with E-state index in [0.29, 0.717) is 0 Å². The molecule has 1 aliphatic rings. The Morgan fingerprint density at radius 3 is 1.78 bits per heavy atom. The van der Waals surface area contributed by atoms with Crippen molar-refractivity contribution in [1.29, 1.82) is 0 Å². The molecule has 0 spiro atoms. The summed E-state index contributed by atoms with van der Waals surface area (Å²) in [7, 11) is -2.21. The summed E-state index contributed by atoms with van der Waals surface area (Å²) in [5.41, 5.74) is 0. The molecule has 0 amide bonds. The fourth-order valence-electron chi connectivity index (χ4n) is 2.79. The second-order valence-electron chi connectivity index (χ2n) is 5.96. The van der Waals surface area contributed by atoms with Crippen LogP contribution in [0.5, 0.6) is 0 Å². The molecule has 0 aromatic heterocycles. The first kappa shape index (κ1) is 16.2. The third kappa shape index (κ3) is 3.16. The van der Waals surface area contributed by atoms with Crippen molar-refractivity contribution in [2.45, 2.75) is 77.7 Å². The number of hydrogen-bond donors (Lipinski definition) is 0. The van der Waals surface area contributed by atoms with Crippen LogP contribution in [0.4, 0.5) is 0 Å². The predicted octanol–water partition coefficient (Wildman–Crippen LogP) is 3.87. The molecule has 1 rings (SSSR count). The second kappa shape index (κ2) is 6.50. The normalized spacial score (nSPS) is 19.3. The van der Waals surface area contributed by atoms with E-state index in [-0.39, 0.29) is 17.2 Å². The van der Waals surface area contributed by atoms with E-state index < -0.39 is 8.56 Å². The number of rotatable bonds is 8. The molecule has 1 fully saturated rings. The van der Waals surface area contributed by atoms with Gasteiger partial charge in [0.1, 0.15) is 0 Å². The molecule has 0 radical (unpaired) electrons. The summed E-state index contributed by atoms with van der Waals surface area (Å²) in [5, 5.41) is 0.164. The van der Waals surface area contributed by atoms with E-state index in [2.05, 4.69) is 41.5 Å². The van der Waals surface area contributed by atoms with Gasteiger partial charge in [0.25, 0.3) is 0 Å². The van der Waals surface area contributed by atoms with Crippen LogP contribution in [0.25, 0.3) is 0 Å². The first-order valence-electron chi connectivity index (χ1n) is 7.34. The van der Waals surface area contributed by atoms with E-state index in [9.17, 15) is 0 Å². The van der Waals surface area contributed by atoms with E-state index in [1.165, 1.54) is 0 Å². The second-order valence-corrected chi connectivity index (χ2v) is 9.50. The largest absolute Gasteiger partial charge is 0.391 e. The van der Waals surface area contributed by atoms with Crippen LogP contribution >= 0.6 is 0 Å². The van der Waals surface area contributed by atoms with Crippen molar-refractivity contribution in [1.82, 2.24) is 0 Å². The van der Waals surface area contributed by atoms with Crippen molar-refractivity contribution in [2.24, 2.45) is 0 Å². The third-order valence-corrected chi connectivity index (χ3v) is 8.79. The predicted molar refractivity (Wildman–Crippen MR) is 77.1 cm³/mol. The van der Waals surface area contributed by atoms with E-state index in [0.717, 1.165) is 32.1 Å². The highest BCUT2D eigenvalue weighted by molar-refractivity contribution is 6.71. The molecule has 0 N–H and O–H groups in total. The monoisotopic (exact) mass is 274 g/mol. The van der Waals surface area contributed by atoms with E-state index in [1.807, 2.05) is 0 Å². The first-order valence-corrected chi connectivity index (χ1v) is 9.37. The molecule has 108 valence electrons. The zero-order valence-corrected chi connectivity index (χ0v) is 13.9. The molecule has 0 saturated carbocycles. The zero-order valence-electron chi connectivity index (χ0n) is 12.9. The van der Waals surface area contributed by atoms with Crippen LogP contribution in [0.2, 0.25) is 11.1 Å². The van der Waals surface area contributed by atoms with E-state index >= 15 is 0 Å². The molecule has 18 heavy (non-hydrogen) atoms. The van der Waals surface area contributed by atoms with Gasteiger partial charge in [0.05, 0.1) is 18.3 Å². The summed E-state index contributed by atoms with van der Waals surface area (Å²) in [5.74, 6) is 0. The van der Waals surface area contributed by atoms with Gasteiger partial charge in [-0.1, -0.05) is 20.3 Å². The molecule has 1 saturated heterocycles. The molecule has 0 bridgehead atoms. The Balaban J connectivity index is 3.01. The van der Waals surface area contributed by atoms with Crippen LogP contribution in [-0.4, -0.2) is 34.0 Å². The lowest BCUT2D eigenvalue weighted by molar-refractivity contribution is -0.0615. The third-order valence-electron chi connectivity index (χ3n) is 3.67. The molecule has 3 nitrogen and oxygen atoms in total. The quantitative estimate of drug-likeness (QED) is 0.629. The van der Waals surface area contributed by atoms with Gasteiger partial charge in [-0.15, -0.1) is 0 Å². The van der Waals surface area contributed by atoms with Crippen LogP contribution in [0.3, 0.4) is 0 Å². The fourth-order valence-corrected chi connectivity index (χ4v) is 7.48. The summed E-state index contributed by atoms with van der Waals surface area (Å²) in [6.07, 6.45) is 2.67. The maximum Gasteiger partial charge on any atom is 0.349 e. The standard InChI is InChI=1S/C14H30O3Si/c1-7-9-18(16-12(3)4,17-13(5)6)14(8-2)10-15-11-14/h12-13H,7-11H2,1-6H3. The Bertz CT molecular complexity index is 234. The average Bonchev–Trinajstić information content (AvgIpc) is 2.14. The maximum atomic E-state index is 6.42. The molecule has 0 aliphatic carbocycles. The summed E-state index contributed by atoms with van der Waals surface area (Å²) in [6, 6.07) is 1.07. The fraction of sp³-hybridized carbons (Fsp3) is 1.00. The van der Waals surface area contributed by atoms with Gasteiger partial charge in [-0.3, -0.25) is 0 Å². The number of hydrogen-bond acceptors (Lipinski definition) is 3. The van der Waals surface area contributed by atoms with Gasteiger partial charge in [-0.25, -0.2) is 0 Å². The summed E-state index contributed by atoms with van der Waals surface area (Å²) in [6.45, 7) is 14.6. The van der Waals surface area contributed by atoms with Crippen LogP contribution < -0.4 is 0 Å². The Hall–Kier alpha value is 0.0969. The maximum absolute atomic E-state index is 6.42. The van der Waals surface area contributed by atoms with Gasteiger partial charge in [0, 0.05) is 12.2 Å². The van der Waals surface area contributed by atoms with Gasteiger partial charge < -0.3 is 13.6 Å². The molecule has 0 unspecified atom stereocenters. The summed E-state index contributed by atoms with van der Waals surface area (Å²) >= 11 is 0. The summed E-state index contributed by atoms with van der Waals surface area (Å²) in [4.78, 5) is 0. The van der Waals surface area contributed by atoms with Gasteiger partial charge in [-0.05, 0) is 40.2 Å². The Morgan fingerprint density at radius 2 is 1.56 bits per heavy atom. The Kier molecular flexibility index (Phi) is 5.84. The lowest BCUT2D eigenvalue weighted by Crippen LogP contribution is -2.63. The minimum absolute atomic E-state index is 0.164. The van der Waals surface area contributed by atoms with Crippen LogP contribution in [0.1, 0.15) is 54.4 Å². The Labute approximate surface area is 113 Å². The molecule has 1 aliphatic heterocycles. The van der Waals surface area contributed by atoms with Crippen molar-refractivity contribution in [2.75, 3.05) is 13.2 Å². The smallest absolute Gasteiger partial charge is 0.349 e. The van der Waals surface area contributed by atoms with Crippen LogP contribution in [0, 0.1) is 0 Å². The first-order chi connectivity index (χ1) is 8.41. The lowest BCUT2D eigenvalue weighted by Gasteiger charge is -2.53. The van der Waals surface area contributed by atoms with Gasteiger partial charge in [0.2, 0.25) is 0 Å². The van der Waals surface area contributed by atoms with Crippen molar-refractivity contribution < 1.29 is 13.6 Å². The molecule has 0 aromatic carbocycles. The topological polar surface area (TPSA) is 27.7 Å². The molecule has 0 aromatic rings. The van der Waals surface area contributed by atoms with E-state index in [1.54, 1.807) is 0 Å². The van der Waals surface area contributed by atoms with Gasteiger partial charge >= 0.3 is 8.56 Å². The van der Waals surface area contributed by atoms with Crippen molar-refractivity contribution >= 4 is 8.56 Å². The molecule has 0 atom stereocenters. The van der Waals surface area contributed by atoms with Crippen LogP contribution in [-0.2, 0) is 13.6 Å². The van der Waals surface area contributed by atoms with Gasteiger partial charge in [0.15, 0.2) is 0 Å². The van der Waals surface area contributed by atoms with Crippen molar-refractivity contribution in [3.05, 3.63) is 0 Å². The molecular weight excluding hydrogens is 244 g/mol. The van der Waals surface area contributed by atoms with Crippen molar-refractivity contribution in [3.8, 4) is 0 Å². The number of ether oxygens (including phenoxy) is 1. The SMILES string of the molecule is CCC[Si](OC(C)C)(OC(C)C)C1(CC)COC1. The highest BCUT2D eigenvalue weighted by Crippen LogP contribution is 2.52. The highest BCUT2D eigenvalue weighted by atomic mass is 28.4. The van der Waals surface area contributed by atoms with Crippen molar-refractivity contribution in [3.63, 3.8) is 0 Å². The summed E-state index contributed by atoms with van der Waals surface area (Å²) < 4.78 is 18.4. The average molecular weight is 274 g/mol. The van der Waals surface area contributed by atoms with Crippen LogP contribution in [0.15, 0.2) is 0 Å². The molecule has 4 heteroatoms. The Morgan fingerprint density at radius 1 is 1.06 bits per heavy atom. The zero-order chi connectivity index (χ0) is 13.8. The molecular formula is C14H30O3Si. The minimum atomic E-state index is -2.21. The lowest BCUT2D eigenvalue weighted by atomic mass is 10.0. The van der Waals surface area contributed by atoms with Gasteiger partial charge in [-0.2, -0.15) is 0 Å².